The van der Waals surface area contributed by atoms with Crippen LogP contribution >= 0.6 is 11.8 Å². The molecule has 0 radical (unpaired) electrons. The predicted molar refractivity (Wildman–Crippen MR) is 100 cm³/mol. The molecule has 140 valence electrons. The third-order valence-corrected chi connectivity index (χ3v) is 5.43. The van der Waals surface area contributed by atoms with Gasteiger partial charge < -0.3 is 14.1 Å². The molecular formula is C19H25N3O3S. The first-order valence-corrected chi connectivity index (χ1v) is 9.94. The summed E-state index contributed by atoms with van der Waals surface area (Å²) in [4.78, 5) is 14.6. The van der Waals surface area contributed by atoms with E-state index >= 15 is 0 Å². The molecule has 6 nitrogen and oxygen atoms in total. The van der Waals surface area contributed by atoms with Crippen molar-refractivity contribution in [3.05, 3.63) is 35.7 Å². The van der Waals surface area contributed by atoms with Crippen molar-refractivity contribution in [1.29, 1.82) is 0 Å². The highest BCUT2D eigenvalue weighted by atomic mass is 32.2. The quantitative estimate of drug-likeness (QED) is 0.719. The van der Waals surface area contributed by atoms with Gasteiger partial charge >= 0.3 is 0 Å². The van der Waals surface area contributed by atoms with Gasteiger partial charge in [0.2, 0.25) is 11.8 Å². The summed E-state index contributed by atoms with van der Waals surface area (Å²) in [6, 6.07) is 7.76. The van der Waals surface area contributed by atoms with Crippen molar-refractivity contribution in [3.63, 3.8) is 0 Å². The van der Waals surface area contributed by atoms with E-state index in [4.69, 9.17) is 9.15 Å². The predicted octanol–water partition coefficient (Wildman–Crippen LogP) is 3.55. The fraction of sp³-hybridized carbons (Fsp3) is 0.526. The number of thioether (sulfide) groups is 1. The Hall–Kier alpha value is -2.02. The Morgan fingerprint density at radius 2 is 1.88 bits per heavy atom. The molecule has 1 amide bonds. The molecule has 0 bridgehead atoms. The fourth-order valence-electron chi connectivity index (χ4n) is 3.03. The first kappa shape index (κ1) is 18.8. The minimum atomic E-state index is -0.220. The Kier molecular flexibility index (Phi) is 6.55. The molecular weight excluding hydrogens is 350 g/mol. The zero-order chi connectivity index (χ0) is 18.4. The van der Waals surface area contributed by atoms with Crippen LogP contribution < -0.4 is 4.74 Å². The van der Waals surface area contributed by atoms with E-state index in [1.807, 2.05) is 36.1 Å². The highest BCUT2D eigenvalue weighted by Gasteiger charge is 2.24. The third-order valence-electron chi connectivity index (χ3n) is 4.51. The molecule has 1 aliphatic rings. The molecule has 0 spiro atoms. The number of methoxy groups -OCH3 is 1. The van der Waals surface area contributed by atoms with E-state index in [9.17, 15) is 4.79 Å². The molecule has 0 N–H and O–H groups in total. The van der Waals surface area contributed by atoms with Gasteiger partial charge in [-0.1, -0.05) is 36.7 Å². The lowest BCUT2D eigenvalue weighted by Gasteiger charge is -2.23. The number of carbonyl (C=O) groups excluding carboxylic acids is 1. The summed E-state index contributed by atoms with van der Waals surface area (Å²) >= 11 is 1.34. The molecule has 3 rings (SSSR count). The van der Waals surface area contributed by atoms with Crippen LogP contribution in [0.5, 0.6) is 5.75 Å². The Morgan fingerprint density at radius 1 is 1.19 bits per heavy atom. The van der Waals surface area contributed by atoms with Gasteiger partial charge in [0.25, 0.3) is 5.22 Å². The highest BCUT2D eigenvalue weighted by Crippen LogP contribution is 2.25. The van der Waals surface area contributed by atoms with Gasteiger partial charge in [-0.05, 0) is 37.5 Å². The van der Waals surface area contributed by atoms with Crippen LogP contribution in [0, 0.1) is 0 Å². The van der Waals surface area contributed by atoms with E-state index < -0.39 is 0 Å². The second kappa shape index (κ2) is 9.07. The van der Waals surface area contributed by atoms with Gasteiger partial charge in [0.05, 0.1) is 18.8 Å². The molecule has 1 saturated heterocycles. The van der Waals surface area contributed by atoms with Crippen LogP contribution in [-0.2, 0) is 11.2 Å². The summed E-state index contributed by atoms with van der Waals surface area (Å²) in [6.45, 7) is 3.62. The minimum absolute atomic E-state index is 0.159. The molecule has 0 aliphatic carbocycles. The lowest BCUT2D eigenvalue weighted by Crippen LogP contribution is -2.37. The van der Waals surface area contributed by atoms with Crippen LogP contribution in [0.4, 0.5) is 0 Å². The topological polar surface area (TPSA) is 68.5 Å². The van der Waals surface area contributed by atoms with Crippen molar-refractivity contribution in [2.45, 2.75) is 49.5 Å². The molecule has 1 atom stereocenters. The van der Waals surface area contributed by atoms with E-state index in [-0.39, 0.29) is 11.2 Å². The Bertz CT molecular complexity index is 709. The van der Waals surface area contributed by atoms with Crippen LogP contribution in [0.3, 0.4) is 0 Å². The standard InChI is InChI=1S/C19H25N3O3S/c1-14(18(23)22-11-5-3-4-6-12-22)26-19-21-20-17(25-19)13-15-7-9-16(24-2)10-8-15/h7-10,14H,3-6,11-13H2,1-2H3. The average Bonchev–Trinajstić information content (AvgIpc) is 2.92. The number of hydrogen-bond acceptors (Lipinski definition) is 6. The van der Waals surface area contributed by atoms with Crippen molar-refractivity contribution >= 4 is 17.7 Å². The monoisotopic (exact) mass is 375 g/mol. The zero-order valence-corrected chi connectivity index (χ0v) is 16.1. The van der Waals surface area contributed by atoms with Crippen molar-refractivity contribution < 1.29 is 13.9 Å². The second-order valence-electron chi connectivity index (χ2n) is 6.49. The van der Waals surface area contributed by atoms with E-state index in [0.29, 0.717) is 17.5 Å². The Balaban J connectivity index is 1.55. The van der Waals surface area contributed by atoms with Gasteiger partial charge in [-0.2, -0.15) is 0 Å². The van der Waals surface area contributed by atoms with Crippen LogP contribution in [-0.4, -0.2) is 46.5 Å². The van der Waals surface area contributed by atoms with Crippen molar-refractivity contribution in [3.8, 4) is 5.75 Å². The number of ether oxygens (including phenoxy) is 1. The number of benzene rings is 1. The van der Waals surface area contributed by atoms with Crippen molar-refractivity contribution in [1.82, 2.24) is 15.1 Å². The largest absolute Gasteiger partial charge is 0.497 e. The van der Waals surface area contributed by atoms with E-state index in [0.717, 1.165) is 37.2 Å². The van der Waals surface area contributed by atoms with Crippen LogP contribution in [0.2, 0.25) is 0 Å². The van der Waals surface area contributed by atoms with Gasteiger partial charge in [-0.25, -0.2) is 0 Å². The van der Waals surface area contributed by atoms with E-state index in [2.05, 4.69) is 10.2 Å². The first-order valence-electron chi connectivity index (χ1n) is 9.06. The van der Waals surface area contributed by atoms with E-state index in [1.54, 1.807) is 7.11 Å². The smallest absolute Gasteiger partial charge is 0.277 e. The van der Waals surface area contributed by atoms with Crippen LogP contribution in [0.15, 0.2) is 33.9 Å². The van der Waals surface area contributed by atoms with Crippen molar-refractivity contribution in [2.24, 2.45) is 0 Å². The van der Waals surface area contributed by atoms with Crippen LogP contribution in [0.1, 0.15) is 44.1 Å². The fourth-order valence-corrected chi connectivity index (χ4v) is 3.81. The van der Waals surface area contributed by atoms with Crippen molar-refractivity contribution in [2.75, 3.05) is 20.2 Å². The lowest BCUT2D eigenvalue weighted by molar-refractivity contribution is -0.130. The first-order chi connectivity index (χ1) is 12.7. The summed E-state index contributed by atoms with van der Waals surface area (Å²) in [6.07, 6.45) is 5.17. The lowest BCUT2D eigenvalue weighted by atomic mass is 10.1. The molecule has 1 unspecified atom stereocenters. The molecule has 1 aromatic heterocycles. The number of nitrogens with zero attached hydrogens (tertiary/aromatic N) is 3. The number of aromatic nitrogens is 2. The molecule has 1 aliphatic heterocycles. The van der Waals surface area contributed by atoms with Gasteiger partial charge in [0, 0.05) is 13.1 Å². The summed E-state index contributed by atoms with van der Waals surface area (Å²) in [5.41, 5.74) is 1.07. The highest BCUT2D eigenvalue weighted by molar-refractivity contribution is 8.00. The average molecular weight is 375 g/mol. The molecule has 2 heterocycles. The summed E-state index contributed by atoms with van der Waals surface area (Å²) in [7, 11) is 1.64. The maximum atomic E-state index is 12.6. The maximum Gasteiger partial charge on any atom is 0.277 e. The SMILES string of the molecule is COc1ccc(Cc2nnc(SC(C)C(=O)N3CCCCCC3)o2)cc1. The Labute approximate surface area is 158 Å². The zero-order valence-electron chi connectivity index (χ0n) is 15.3. The second-order valence-corrected chi connectivity index (χ2v) is 7.78. The normalized spacial score (nSPS) is 16.2. The van der Waals surface area contributed by atoms with Gasteiger partial charge in [0.1, 0.15) is 5.75 Å². The summed E-state index contributed by atoms with van der Waals surface area (Å²) in [5.74, 6) is 1.52. The molecule has 7 heteroatoms. The van der Waals surface area contributed by atoms with E-state index in [1.165, 1.54) is 24.6 Å². The number of hydrogen-bond donors (Lipinski definition) is 0. The number of likely N-dealkylation sites (tertiary alicyclic amines) is 1. The molecule has 26 heavy (non-hydrogen) atoms. The Morgan fingerprint density at radius 3 is 2.54 bits per heavy atom. The van der Waals surface area contributed by atoms with Crippen LogP contribution in [0.25, 0.3) is 0 Å². The number of amides is 1. The third kappa shape index (κ3) is 5.00. The molecule has 0 saturated carbocycles. The van der Waals surface area contributed by atoms with Gasteiger partial charge in [-0.3, -0.25) is 4.79 Å². The minimum Gasteiger partial charge on any atom is -0.497 e. The summed E-state index contributed by atoms with van der Waals surface area (Å²) in [5, 5.41) is 8.41. The molecule has 1 fully saturated rings. The summed E-state index contributed by atoms with van der Waals surface area (Å²) < 4.78 is 10.9. The number of carbonyl (C=O) groups is 1. The molecule has 2 aromatic rings. The van der Waals surface area contributed by atoms with Gasteiger partial charge in [-0.15, -0.1) is 10.2 Å². The number of rotatable bonds is 6. The van der Waals surface area contributed by atoms with Gasteiger partial charge in [0.15, 0.2) is 0 Å². The maximum absolute atomic E-state index is 12.6. The molecule has 1 aromatic carbocycles.